The maximum absolute atomic E-state index is 12.5. The topological polar surface area (TPSA) is 108 Å². The van der Waals surface area contributed by atoms with Crippen molar-refractivity contribution in [1.29, 1.82) is 0 Å². The summed E-state index contributed by atoms with van der Waals surface area (Å²) >= 11 is 0. The Bertz CT molecular complexity index is 1470. The predicted molar refractivity (Wildman–Crippen MR) is 127 cm³/mol. The zero-order valence-electron chi connectivity index (χ0n) is 18.0. The molecule has 0 saturated carbocycles. The van der Waals surface area contributed by atoms with Gasteiger partial charge in [-0.1, -0.05) is 36.4 Å². The molecule has 9 heteroatoms. The Labute approximate surface area is 194 Å². The first kappa shape index (κ1) is 21.1. The Kier molecular flexibility index (Phi) is 5.57. The fourth-order valence-electron chi connectivity index (χ4n) is 3.69. The normalized spacial score (nSPS) is 10.9. The van der Waals surface area contributed by atoms with Gasteiger partial charge in [-0.25, -0.2) is 9.67 Å². The lowest BCUT2D eigenvalue weighted by Gasteiger charge is -2.07. The highest BCUT2D eigenvalue weighted by Crippen LogP contribution is 2.16. The number of nitro groups is 1. The zero-order chi connectivity index (χ0) is 23.5. The predicted octanol–water partition coefficient (Wildman–Crippen LogP) is 4.11. The molecule has 5 rings (SSSR count). The number of carbonyl (C=O) groups is 1. The van der Waals surface area contributed by atoms with Crippen LogP contribution in [0.25, 0.3) is 16.7 Å². The molecule has 34 heavy (non-hydrogen) atoms. The minimum atomic E-state index is -0.460. The van der Waals surface area contributed by atoms with Crippen LogP contribution in [0.3, 0.4) is 0 Å². The van der Waals surface area contributed by atoms with Crippen molar-refractivity contribution in [2.45, 2.75) is 13.1 Å². The van der Waals surface area contributed by atoms with Crippen LogP contribution in [0.4, 0.5) is 5.69 Å². The zero-order valence-corrected chi connectivity index (χ0v) is 18.0. The fraction of sp³-hybridized carbons (Fsp3) is 0.0800. The molecule has 9 nitrogen and oxygen atoms in total. The molecule has 0 fully saturated rings. The van der Waals surface area contributed by atoms with Gasteiger partial charge in [0.2, 0.25) is 0 Å². The molecule has 0 bridgehead atoms. The average Bonchev–Trinajstić information content (AvgIpc) is 3.52. The largest absolute Gasteiger partial charge is 0.348 e. The number of non-ortho nitro benzene ring substituents is 1. The van der Waals surface area contributed by atoms with Gasteiger partial charge >= 0.3 is 0 Å². The Morgan fingerprint density at radius 2 is 1.71 bits per heavy atom. The summed E-state index contributed by atoms with van der Waals surface area (Å²) in [5.41, 5.74) is 5.22. The SMILES string of the molecule is O=C(NCc1ccc(Cn2cnc3ccccc32)cc1)c1cnn(-c2ccc([N+](=O)[O-])cc2)c1. The van der Waals surface area contributed by atoms with Crippen LogP contribution >= 0.6 is 0 Å². The highest BCUT2D eigenvalue weighted by Gasteiger charge is 2.11. The minimum absolute atomic E-state index is 0.00160. The number of carbonyl (C=O) groups excluding carboxylic acids is 1. The molecular weight excluding hydrogens is 432 g/mol. The summed E-state index contributed by atoms with van der Waals surface area (Å²) in [7, 11) is 0. The molecule has 0 atom stereocenters. The average molecular weight is 452 g/mol. The number of benzene rings is 3. The number of nitrogens with one attached hydrogen (secondary N) is 1. The van der Waals surface area contributed by atoms with Gasteiger partial charge in [-0.15, -0.1) is 0 Å². The number of hydrogen-bond acceptors (Lipinski definition) is 5. The van der Waals surface area contributed by atoms with Gasteiger partial charge in [-0.2, -0.15) is 5.10 Å². The van der Waals surface area contributed by atoms with Crippen molar-refractivity contribution in [1.82, 2.24) is 24.6 Å². The van der Waals surface area contributed by atoms with E-state index in [1.54, 1.807) is 18.3 Å². The molecule has 0 radical (unpaired) electrons. The summed E-state index contributed by atoms with van der Waals surface area (Å²) in [6.07, 6.45) is 4.90. The van der Waals surface area contributed by atoms with Crippen molar-refractivity contribution >= 4 is 22.6 Å². The van der Waals surface area contributed by atoms with Crippen LogP contribution < -0.4 is 5.32 Å². The number of aromatic nitrogens is 4. The molecule has 0 aliphatic heterocycles. The number of fused-ring (bicyclic) bond motifs is 1. The standard InChI is InChI=1S/C25H20N6O3/c32-25(20-14-28-30(16-20)21-9-11-22(12-10-21)31(33)34)26-13-18-5-7-19(8-6-18)15-29-17-27-23-3-1-2-4-24(23)29/h1-12,14,16-17H,13,15H2,(H,26,32). The third-order valence-electron chi connectivity index (χ3n) is 5.53. The lowest BCUT2D eigenvalue weighted by atomic mass is 10.1. The van der Waals surface area contributed by atoms with Crippen LogP contribution in [0.15, 0.2) is 91.5 Å². The van der Waals surface area contributed by atoms with Crippen LogP contribution in [0.2, 0.25) is 0 Å². The van der Waals surface area contributed by atoms with Crippen molar-refractivity contribution in [2.75, 3.05) is 0 Å². The van der Waals surface area contributed by atoms with Gasteiger partial charge in [-0.05, 0) is 35.4 Å². The van der Waals surface area contributed by atoms with Crippen LogP contribution in [0, 0.1) is 10.1 Å². The van der Waals surface area contributed by atoms with Crippen molar-refractivity contribution < 1.29 is 9.72 Å². The van der Waals surface area contributed by atoms with Crippen LogP contribution in [-0.2, 0) is 13.1 Å². The van der Waals surface area contributed by atoms with Gasteiger partial charge < -0.3 is 9.88 Å². The van der Waals surface area contributed by atoms with Gasteiger partial charge in [-0.3, -0.25) is 14.9 Å². The van der Waals surface area contributed by atoms with E-state index in [0.717, 1.165) is 28.7 Å². The smallest absolute Gasteiger partial charge is 0.269 e. The van der Waals surface area contributed by atoms with E-state index in [0.29, 0.717) is 17.8 Å². The lowest BCUT2D eigenvalue weighted by molar-refractivity contribution is -0.384. The fourth-order valence-corrected chi connectivity index (χ4v) is 3.69. The molecule has 0 aliphatic rings. The molecule has 0 spiro atoms. The molecule has 168 valence electrons. The van der Waals surface area contributed by atoms with Crippen molar-refractivity contribution in [3.8, 4) is 5.69 Å². The highest BCUT2D eigenvalue weighted by atomic mass is 16.6. The van der Waals surface area contributed by atoms with Gasteiger partial charge in [0.1, 0.15) is 0 Å². The molecule has 0 aliphatic carbocycles. The van der Waals surface area contributed by atoms with E-state index in [1.165, 1.54) is 23.0 Å². The first-order valence-corrected chi connectivity index (χ1v) is 10.6. The Morgan fingerprint density at radius 3 is 2.47 bits per heavy atom. The number of hydrogen-bond donors (Lipinski definition) is 1. The number of rotatable bonds is 7. The lowest BCUT2D eigenvalue weighted by Crippen LogP contribution is -2.22. The molecule has 1 amide bonds. The van der Waals surface area contributed by atoms with Crippen LogP contribution in [0.5, 0.6) is 0 Å². The molecule has 0 saturated heterocycles. The molecule has 3 aromatic carbocycles. The van der Waals surface area contributed by atoms with E-state index < -0.39 is 4.92 Å². The Balaban J connectivity index is 1.19. The maximum Gasteiger partial charge on any atom is 0.269 e. The summed E-state index contributed by atoms with van der Waals surface area (Å²) in [6.45, 7) is 1.10. The van der Waals surface area contributed by atoms with Gasteiger partial charge in [0, 0.05) is 31.4 Å². The van der Waals surface area contributed by atoms with Gasteiger partial charge in [0.25, 0.3) is 11.6 Å². The van der Waals surface area contributed by atoms with Crippen LogP contribution in [0.1, 0.15) is 21.5 Å². The second kappa shape index (κ2) is 8.99. The quantitative estimate of drug-likeness (QED) is 0.295. The maximum atomic E-state index is 12.5. The number of nitro benzene ring substituents is 1. The number of para-hydroxylation sites is 2. The minimum Gasteiger partial charge on any atom is -0.348 e. The second-order valence-corrected chi connectivity index (χ2v) is 7.81. The van der Waals surface area contributed by atoms with E-state index in [-0.39, 0.29) is 11.6 Å². The van der Waals surface area contributed by atoms with E-state index in [2.05, 4.69) is 26.0 Å². The third kappa shape index (κ3) is 4.40. The summed E-state index contributed by atoms with van der Waals surface area (Å²) in [5.74, 6) is -0.248. The Morgan fingerprint density at radius 1 is 0.971 bits per heavy atom. The first-order chi connectivity index (χ1) is 16.6. The van der Waals surface area contributed by atoms with Crippen molar-refractivity contribution in [3.05, 3.63) is 118 Å². The molecule has 2 heterocycles. The van der Waals surface area contributed by atoms with Crippen LogP contribution in [-0.4, -0.2) is 30.2 Å². The number of amides is 1. The summed E-state index contributed by atoms with van der Waals surface area (Å²) in [6, 6.07) is 22.1. The van der Waals surface area contributed by atoms with Crippen molar-refractivity contribution in [2.24, 2.45) is 0 Å². The first-order valence-electron chi connectivity index (χ1n) is 10.6. The number of imidazole rings is 1. The van der Waals surface area contributed by atoms with E-state index in [9.17, 15) is 14.9 Å². The van der Waals surface area contributed by atoms with E-state index >= 15 is 0 Å². The molecule has 2 aromatic heterocycles. The summed E-state index contributed by atoms with van der Waals surface area (Å²) in [5, 5.41) is 17.9. The summed E-state index contributed by atoms with van der Waals surface area (Å²) < 4.78 is 3.61. The summed E-state index contributed by atoms with van der Waals surface area (Å²) in [4.78, 5) is 27.3. The third-order valence-corrected chi connectivity index (χ3v) is 5.53. The highest BCUT2D eigenvalue weighted by molar-refractivity contribution is 5.93. The number of nitrogens with zero attached hydrogens (tertiary/aromatic N) is 5. The van der Waals surface area contributed by atoms with E-state index in [4.69, 9.17) is 0 Å². The van der Waals surface area contributed by atoms with Gasteiger partial charge in [0.15, 0.2) is 0 Å². The van der Waals surface area contributed by atoms with E-state index in [1.807, 2.05) is 48.8 Å². The monoisotopic (exact) mass is 452 g/mol. The Hall–Kier alpha value is -4.79. The second-order valence-electron chi connectivity index (χ2n) is 7.81. The molecule has 0 unspecified atom stereocenters. The molecule has 5 aromatic rings. The van der Waals surface area contributed by atoms with Gasteiger partial charge in [0.05, 0.1) is 39.7 Å². The molecular formula is C25H20N6O3. The molecule has 1 N–H and O–H groups in total. The van der Waals surface area contributed by atoms with Crippen molar-refractivity contribution in [3.63, 3.8) is 0 Å².